The predicted octanol–water partition coefficient (Wildman–Crippen LogP) is 4.23. The van der Waals surface area contributed by atoms with Crippen molar-refractivity contribution in [3.05, 3.63) is 52.6 Å². The fraction of sp³-hybridized carbons (Fsp3) is 0.214. The maximum atomic E-state index is 13.7. The van der Waals surface area contributed by atoms with Crippen LogP contribution >= 0.6 is 11.6 Å². The summed E-state index contributed by atoms with van der Waals surface area (Å²) >= 11 is 5.82. The number of pyridine rings is 1. The highest BCUT2D eigenvalue weighted by atomic mass is 35.5. The summed E-state index contributed by atoms with van der Waals surface area (Å²) in [5.74, 6) is -1.47. The minimum Gasteiger partial charge on any atom is -0.371 e. The lowest BCUT2D eigenvalue weighted by Crippen LogP contribution is -2.11. The summed E-state index contributed by atoms with van der Waals surface area (Å²) in [6.45, 7) is 1.85. The number of halogens is 3. The molecule has 0 saturated heterocycles. The lowest BCUT2D eigenvalue weighted by Gasteiger charge is -2.16. The van der Waals surface area contributed by atoms with Gasteiger partial charge in [-0.25, -0.2) is 13.8 Å². The van der Waals surface area contributed by atoms with Gasteiger partial charge in [0, 0.05) is 18.1 Å². The zero-order valence-corrected chi connectivity index (χ0v) is 11.8. The van der Waals surface area contributed by atoms with Gasteiger partial charge in [0.1, 0.15) is 0 Å². The van der Waals surface area contributed by atoms with E-state index in [1.807, 2.05) is 19.1 Å². The first-order valence-electron chi connectivity index (χ1n) is 6.07. The van der Waals surface area contributed by atoms with E-state index in [2.05, 4.69) is 15.6 Å². The van der Waals surface area contributed by atoms with Gasteiger partial charge in [-0.2, -0.15) is 0 Å². The normalized spacial score (nSPS) is 12.1. The second kappa shape index (κ2) is 6.05. The van der Waals surface area contributed by atoms with Crippen LogP contribution in [0.1, 0.15) is 18.5 Å². The Hall–Kier alpha value is -1.88. The van der Waals surface area contributed by atoms with Gasteiger partial charge in [-0.1, -0.05) is 23.7 Å². The third-order valence-corrected chi connectivity index (χ3v) is 3.14. The Balaban J connectivity index is 2.23. The average Bonchev–Trinajstić information content (AvgIpc) is 2.42. The molecule has 0 fully saturated rings. The number of anilines is 2. The van der Waals surface area contributed by atoms with E-state index in [1.165, 1.54) is 7.05 Å². The molecule has 0 aliphatic rings. The van der Waals surface area contributed by atoms with Crippen molar-refractivity contribution < 1.29 is 8.78 Å². The summed E-state index contributed by atoms with van der Waals surface area (Å²) in [4.78, 5) is 3.88. The van der Waals surface area contributed by atoms with E-state index in [9.17, 15) is 8.78 Å². The summed E-state index contributed by atoms with van der Waals surface area (Å²) in [5, 5.41) is 6.11. The predicted molar refractivity (Wildman–Crippen MR) is 77.2 cm³/mol. The van der Waals surface area contributed by atoms with Gasteiger partial charge >= 0.3 is 0 Å². The number of rotatable bonds is 4. The maximum absolute atomic E-state index is 13.7. The van der Waals surface area contributed by atoms with E-state index < -0.39 is 11.6 Å². The summed E-state index contributed by atoms with van der Waals surface area (Å²) in [7, 11) is 1.52. The molecular weight excluding hydrogens is 284 g/mol. The van der Waals surface area contributed by atoms with Crippen LogP contribution in [0.15, 0.2) is 30.3 Å². The van der Waals surface area contributed by atoms with Crippen molar-refractivity contribution in [3.8, 4) is 0 Å². The molecule has 2 N–H and O–H groups in total. The highest BCUT2D eigenvalue weighted by molar-refractivity contribution is 6.30. The van der Waals surface area contributed by atoms with Crippen LogP contribution in [0.25, 0.3) is 0 Å². The van der Waals surface area contributed by atoms with Gasteiger partial charge in [0.25, 0.3) is 0 Å². The van der Waals surface area contributed by atoms with Crippen LogP contribution in [-0.4, -0.2) is 12.0 Å². The van der Waals surface area contributed by atoms with Gasteiger partial charge in [0.05, 0.1) is 6.04 Å². The monoisotopic (exact) mass is 297 g/mol. The van der Waals surface area contributed by atoms with E-state index in [4.69, 9.17) is 11.6 Å². The highest BCUT2D eigenvalue weighted by Crippen LogP contribution is 2.24. The van der Waals surface area contributed by atoms with E-state index in [0.29, 0.717) is 5.02 Å². The van der Waals surface area contributed by atoms with Crippen LogP contribution in [0.5, 0.6) is 0 Å². The smallest absolute Gasteiger partial charge is 0.168 e. The second-order valence-corrected chi connectivity index (χ2v) is 4.75. The molecule has 1 heterocycles. The summed E-state index contributed by atoms with van der Waals surface area (Å²) in [6, 6.07) is 7.78. The summed E-state index contributed by atoms with van der Waals surface area (Å²) in [5.41, 5.74) is 0.922. The van der Waals surface area contributed by atoms with E-state index in [1.54, 1.807) is 12.1 Å². The van der Waals surface area contributed by atoms with Crippen LogP contribution in [-0.2, 0) is 0 Å². The van der Waals surface area contributed by atoms with Crippen molar-refractivity contribution in [2.75, 3.05) is 17.7 Å². The van der Waals surface area contributed by atoms with Crippen molar-refractivity contribution in [3.63, 3.8) is 0 Å². The number of hydrogen-bond acceptors (Lipinski definition) is 3. The molecule has 1 unspecified atom stereocenters. The molecule has 0 aliphatic carbocycles. The molecule has 1 atom stereocenters. The Morgan fingerprint density at radius 1 is 1.10 bits per heavy atom. The average molecular weight is 298 g/mol. The van der Waals surface area contributed by atoms with Crippen LogP contribution in [0.4, 0.5) is 20.4 Å². The minimum absolute atomic E-state index is 0.00167. The molecule has 0 spiro atoms. The molecule has 0 saturated carbocycles. The van der Waals surface area contributed by atoms with Crippen molar-refractivity contribution in [1.82, 2.24) is 4.98 Å². The third-order valence-electron chi connectivity index (χ3n) is 2.89. The van der Waals surface area contributed by atoms with Crippen molar-refractivity contribution in [2.45, 2.75) is 13.0 Å². The lowest BCUT2D eigenvalue weighted by atomic mass is 10.1. The van der Waals surface area contributed by atoms with Gasteiger partial charge in [-0.05, 0) is 24.6 Å². The molecule has 1 aromatic heterocycles. The van der Waals surface area contributed by atoms with E-state index >= 15 is 0 Å². The molecule has 2 aromatic rings. The quantitative estimate of drug-likeness (QED) is 0.887. The van der Waals surface area contributed by atoms with Crippen molar-refractivity contribution >= 4 is 23.2 Å². The molecular formula is C14H14ClF2N3. The van der Waals surface area contributed by atoms with E-state index in [0.717, 1.165) is 11.6 Å². The van der Waals surface area contributed by atoms with Crippen LogP contribution in [0, 0.1) is 11.6 Å². The standard InChI is InChI=1S/C14H14ClF2N3/c1-8(9-3-5-10(15)6-4-9)19-14-12(17)7-11(16)13(18-2)20-14/h3-8H,1-2H3,(H2,18,19,20). The van der Waals surface area contributed by atoms with Crippen LogP contribution in [0.3, 0.4) is 0 Å². The Labute approximate surface area is 121 Å². The van der Waals surface area contributed by atoms with Gasteiger partial charge in [-0.3, -0.25) is 0 Å². The maximum Gasteiger partial charge on any atom is 0.168 e. The molecule has 0 radical (unpaired) electrons. The fourth-order valence-corrected chi connectivity index (χ4v) is 1.91. The fourth-order valence-electron chi connectivity index (χ4n) is 1.78. The molecule has 1 aromatic carbocycles. The summed E-state index contributed by atoms with van der Waals surface area (Å²) < 4.78 is 27.0. The van der Waals surface area contributed by atoms with E-state index in [-0.39, 0.29) is 17.7 Å². The Bertz CT molecular complexity index is 602. The van der Waals surface area contributed by atoms with Gasteiger partial charge in [-0.15, -0.1) is 0 Å². The Morgan fingerprint density at radius 3 is 2.30 bits per heavy atom. The van der Waals surface area contributed by atoms with Crippen molar-refractivity contribution in [1.29, 1.82) is 0 Å². The zero-order valence-electron chi connectivity index (χ0n) is 11.0. The number of nitrogens with one attached hydrogen (secondary N) is 2. The number of aromatic nitrogens is 1. The Kier molecular flexibility index (Phi) is 4.39. The molecule has 6 heteroatoms. The first-order valence-corrected chi connectivity index (χ1v) is 6.45. The highest BCUT2D eigenvalue weighted by Gasteiger charge is 2.13. The molecule has 20 heavy (non-hydrogen) atoms. The molecule has 0 amide bonds. The largest absolute Gasteiger partial charge is 0.371 e. The van der Waals surface area contributed by atoms with Gasteiger partial charge in [0.15, 0.2) is 23.3 Å². The molecule has 106 valence electrons. The second-order valence-electron chi connectivity index (χ2n) is 4.32. The SMILES string of the molecule is CNc1nc(NC(C)c2ccc(Cl)cc2)c(F)cc1F. The Morgan fingerprint density at radius 2 is 1.70 bits per heavy atom. The van der Waals surface area contributed by atoms with Gasteiger partial charge in [0.2, 0.25) is 0 Å². The molecule has 0 bridgehead atoms. The first kappa shape index (κ1) is 14.5. The van der Waals surface area contributed by atoms with Gasteiger partial charge < -0.3 is 10.6 Å². The topological polar surface area (TPSA) is 37.0 Å². The van der Waals surface area contributed by atoms with Crippen LogP contribution < -0.4 is 10.6 Å². The number of benzene rings is 1. The first-order chi connectivity index (χ1) is 9.51. The van der Waals surface area contributed by atoms with Crippen LogP contribution in [0.2, 0.25) is 5.02 Å². The molecule has 2 rings (SSSR count). The lowest BCUT2D eigenvalue weighted by molar-refractivity contribution is 0.577. The molecule has 3 nitrogen and oxygen atoms in total. The summed E-state index contributed by atoms with van der Waals surface area (Å²) in [6.07, 6.45) is 0. The zero-order chi connectivity index (χ0) is 14.7. The molecule has 0 aliphatic heterocycles. The third kappa shape index (κ3) is 3.17. The number of hydrogen-bond donors (Lipinski definition) is 2. The number of nitrogens with zero attached hydrogens (tertiary/aromatic N) is 1. The van der Waals surface area contributed by atoms with Crippen molar-refractivity contribution in [2.24, 2.45) is 0 Å². The minimum atomic E-state index is -0.734.